The molecule has 0 bridgehead atoms. The summed E-state index contributed by atoms with van der Waals surface area (Å²) in [5.74, 6) is 0.255. The standard InChI is InChI=1S/C27H21N5O/c28-18-21-25-27(30-23-14-8-7-13-22(23)29-25)32(16-15-19-9-3-1-4-10-19)26(21)31-24(33)17-20-11-5-2-6-12-20/h1-14H,15-17H2,(H,31,33). The third kappa shape index (κ3) is 4.17. The first-order valence-electron chi connectivity index (χ1n) is 10.8. The van der Waals surface area contributed by atoms with Crippen LogP contribution in [0.1, 0.15) is 16.7 Å². The SMILES string of the molecule is N#Cc1c(NC(=O)Cc2ccccc2)n(CCc2ccccc2)c2nc3ccccc3nc12. The van der Waals surface area contributed by atoms with E-state index in [-0.39, 0.29) is 12.3 Å². The van der Waals surface area contributed by atoms with Crippen molar-refractivity contribution in [2.24, 2.45) is 0 Å². The lowest BCUT2D eigenvalue weighted by Gasteiger charge is -2.12. The van der Waals surface area contributed by atoms with E-state index in [0.29, 0.717) is 34.6 Å². The van der Waals surface area contributed by atoms with Crippen LogP contribution in [0.2, 0.25) is 0 Å². The molecule has 0 unspecified atom stereocenters. The maximum absolute atomic E-state index is 12.9. The highest BCUT2D eigenvalue weighted by Gasteiger charge is 2.22. The molecule has 1 N–H and O–H groups in total. The van der Waals surface area contributed by atoms with Crippen LogP contribution in [0, 0.1) is 11.3 Å². The number of aryl methyl sites for hydroxylation is 2. The van der Waals surface area contributed by atoms with E-state index >= 15 is 0 Å². The van der Waals surface area contributed by atoms with Gasteiger partial charge in [-0.25, -0.2) is 9.97 Å². The Balaban J connectivity index is 1.59. The molecule has 0 aliphatic heterocycles. The first kappa shape index (κ1) is 20.4. The second-order valence-corrected chi connectivity index (χ2v) is 7.82. The molecule has 0 fully saturated rings. The molecular weight excluding hydrogens is 410 g/mol. The van der Waals surface area contributed by atoms with Crippen molar-refractivity contribution in [3.8, 4) is 6.07 Å². The number of nitriles is 1. The summed E-state index contributed by atoms with van der Waals surface area (Å²) in [6.45, 7) is 0.552. The van der Waals surface area contributed by atoms with Crippen molar-refractivity contribution >= 4 is 33.9 Å². The van der Waals surface area contributed by atoms with Gasteiger partial charge in [-0.05, 0) is 29.7 Å². The average molecular weight is 431 g/mol. The minimum absolute atomic E-state index is 0.189. The molecule has 33 heavy (non-hydrogen) atoms. The Labute approximate surface area is 191 Å². The Morgan fingerprint density at radius 1 is 0.848 bits per heavy atom. The second kappa shape index (κ2) is 8.93. The van der Waals surface area contributed by atoms with E-state index < -0.39 is 0 Å². The molecule has 6 heteroatoms. The van der Waals surface area contributed by atoms with Gasteiger partial charge in [0.25, 0.3) is 0 Å². The van der Waals surface area contributed by atoms with Crippen LogP contribution in [0.25, 0.3) is 22.2 Å². The minimum Gasteiger partial charge on any atom is -0.311 e. The fourth-order valence-corrected chi connectivity index (χ4v) is 4.00. The molecule has 0 radical (unpaired) electrons. The van der Waals surface area contributed by atoms with Crippen molar-refractivity contribution in [1.82, 2.24) is 14.5 Å². The summed E-state index contributed by atoms with van der Waals surface area (Å²) in [7, 11) is 0. The third-order valence-electron chi connectivity index (χ3n) is 5.60. The van der Waals surface area contributed by atoms with Crippen molar-refractivity contribution < 1.29 is 4.79 Å². The molecule has 5 aromatic rings. The number of fused-ring (bicyclic) bond motifs is 2. The van der Waals surface area contributed by atoms with Crippen LogP contribution in [-0.2, 0) is 24.2 Å². The Kier molecular flexibility index (Phi) is 5.52. The van der Waals surface area contributed by atoms with E-state index in [1.807, 2.05) is 77.4 Å². The summed E-state index contributed by atoms with van der Waals surface area (Å²) in [5, 5.41) is 13.0. The zero-order valence-corrected chi connectivity index (χ0v) is 17.9. The lowest BCUT2D eigenvalue weighted by atomic mass is 10.1. The highest BCUT2D eigenvalue weighted by molar-refractivity contribution is 5.99. The van der Waals surface area contributed by atoms with Crippen molar-refractivity contribution in [2.75, 3.05) is 5.32 Å². The van der Waals surface area contributed by atoms with E-state index in [2.05, 4.69) is 23.5 Å². The van der Waals surface area contributed by atoms with E-state index in [1.165, 1.54) is 0 Å². The summed E-state index contributed by atoms with van der Waals surface area (Å²) in [4.78, 5) is 22.4. The molecular formula is C27H21N5O. The molecule has 3 aromatic carbocycles. The fraction of sp³-hybridized carbons (Fsp3) is 0.111. The Hall–Kier alpha value is -4.50. The minimum atomic E-state index is -0.189. The second-order valence-electron chi connectivity index (χ2n) is 7.82. The molecule has 0 saturated heterocycles. The zero-order chi connectivity index (χ0) is 22.6. The van der Waals surface area contributed by atoms with E-state index in [0.717, 1.165) is 23.1 Å². The van der Waals surface area contributed by atoms with Gasteiger partial charge in [-0.2, -0.15) is 5.26 Å². The molecule has 6 nitrogen and oxygen atoms in total. The number of carbonyl (C=O) groups is 1. The number of hydrogen-bond donors (Lipinski definition) is 1. The van der Waals surface area contributed by atoms with Crippen LogP contribution >= 0.6 is 0 Å². The molecule has 5 rings (SSSR count). The van der Waals surface area contributed by atoms with Gasteiger partial charge in [-0.3, -0.25) is 4.79 Å². The van der Waals surface area contributed by atoms with Gasteiger partial charge in [0.2, 0.25) is 5.91 Å². The summed E-state index contributed by atoms with van der Waals surface area (Å²) in [6, 6.07) is 29.5. The Bertz CT molecular complexity index is 1480. The van der Waals surface area contributed by atoms with E-state index in [1.54, 1.807) is 0 Å². The summed E-state index contributed by atoms with van der Waals surface area (Å²) in [6.07, 6.45) is 0.945. The van der Waals surface area contributed by atoms with Crippen molar-refractivity contribution in [3.05, 3.63) is 102 Å². The lowest BCUT2D eigenvalue weighted by Crippen LogP contribution is -2.18. The van der Waals surface area contributed by atoms with Crippen LogP contribution in [-0.4, -0.2) is 20.4 Å². The van der Waals surface area contributed by atoms with E-state index in [9.17, 15) is 10.1 Å². The number of hydrogen-bond acceptors (Lipinski definition) is 4. The number of nitrogens with zero attached hydrogens (tertiary/aromatic N) is 4. The maximum Gasteiger partial charge on any atom is 0.229 e. The molecule has 0 aliphatic carbocycles. The van der Waals surface area contributed by atoms with Crippen molar-refractivity contribution in [3.63, 3.8) is 0 Å². The van der Waals surface area contributed by atoms with Gasteiger partial charge in [0.15, 0.2) is 5.65 Å². The van der Waals surface area contributed by atoms with Gasteiger partial charge in [-0.1, -0.05) is 72.8 Å². The normalized spacial score (nSPS) is 10.9. The number of aromatic nitrogens is 3. The fourth-order valence-electron chi connectivity index (χ4n) is 4.00. The number of amides is 1. The molecule has 0 saturated carbocycles. The first-order valence-corrected chi connectivity index (χ1v) is 10.8. The molecule has 1 amide bonds. The highest BCUT2D eigenvalue weighted by Crippen LogP contribution is 2.30. The lowest BCUT2D eigenvalue weighted by molar-refractivity contribution is -0.115. The number of nitrogens with one attached hydrogen (secondary N) is 1. The monoisotopic (exact) mass is 431 g/mol. The number of rotatable bonds is 6. The van der Waals surface area contributed by atoms with Crippen LogP contribution in [0.3, 0.4) is 0 Å². The van der Waals surface area contributed by atoms with Crippen LogP contribution in [0.15, 0.2) is 84.9 Å². The molecule has 160 valence electrons. The van der Waals surface area contributed by atoms with Crippen molar-refractivity contribution in [2.45, 2.75) is 19.4 Å². The summed E-state index contributed by atoms with van der Waals surface area (Å²) < 4.78 is 1.91. The van der Waals surface area contributed by atoms with Gasteiger partial charge in [0.1, 0.15) is 23.0 Å². The number of benzene rings is 3. The van der Waals surface area contributed by atoms with Gasteiger partial charge in [0.05, 0.1) is 17.5 Å². The quantitative estimate of drug-likeness (QED) is 0.415. The topological polar surface area (TPSA) is 83.6 Å². The van der Waals surface area contributed by atoms with E-state index in [4.69, 9.17) is 9.97 Å². The number of para-hydroxylation sites is 2. The maximum atomic E-state index is 12.9. The van der Waals surface area contributed by atoms with Crippen LogP contribution in [0.4, 0.5) is 5.82 Å². The van der Waals surface area contributed by atoms with Gasteiger partial charge in [0, 0.05) is 6.54 Å². The predicted octanol–water partition coefficient (Wildman–Crippen LogP) is 4.88. The summed E-state index contributed by atoms with van der Waals surface area (Å²) in [5.41, 5.74) is 4.95. The molecule has 2 aromatic heterocycles. The smallest absolute Gasteiger partial charge is 0.229 e. The summed E-state index contributed by atoms with van der Waals surface area (Å²) >= 11 is 0. The largest absolute Gasteiger partial charge is 0.311 e. The van der Waals surface area contributed by atoms with Crippen molar-refractivity contribution in [1.29, 1.82) is 5.26 Å². The highest BCUT2D eigenvalue weighted by atomic mass is 16.1. The van der Waals surface area contributed by atoms with Gasteiger partial charge < -0.3 is 9.88 Å². The zero-order valence-electron chi connectivity index (χ0n) is 17.9. The average Bonchev–Trinajstić information content (AvgIpc) is 3.13. The first-order chi connectivity index (χ1) is 16.2. The number of anilines is 1. The molecule has 0 aliphatic rings. The van der Waals surface area contributed by atoms with Crippen LogP contribution < -0.4 is 5.32 Å². The predicted molar refractivity (Wildman–Crippen MR) is 129 cm³/mol. The molecule has 2 heterocycles. The Morgan fingerprint density at radius 3 is 2.12 bits per heavy atom. The Morgan fingerprint density at radius 2 is 1.45 bits per heavy atom. The number of carbonyl (C=O) groups excluding carboxylic acids is 1. The molecule has 0 atom stereocenters. The molecule has 0 spiro atoms. The van der Waals surface area contributed by atoms with Crippen LogP contribution in [0.5, 0.6) is 0 Å². The third-order valence-corrected chi connectivity index (χ3v) is 5.60. The van der Waals surface area contributed by atoms with Gasteiger partial charge >= 0.3 is 0 Å². The van der Waals surface area contributed by atoms with Gasteiger partial charge in [-0.15, -0.1) is 0 Å².